The summed E-state index contributed by atoms with van der Waals surface area (Å²) in [6.45, 7) is 7.37. The van der Waals surface area contributed by atoms with Crippen LogP contribution in [0.15, 0.2) is 12.4 Å². The quantitative estimate of drug-likeness (QED) is 0.800. The Morgan fingerprint density at radius 2 is 2.00 bits per heavy atom. The zero-order valence-corrected chi connectivity index (χ0v) is 10.2. The standard InChI is InChI=1S/C12H20N4/c1-4-14-10-7-13-8-11(15-10)16-12(2,3)9-5-6-9/h7-9H,4-6H2,1-3H3,(H2,14,15,16). The zero-order valence-electron chi connectivity index (χ0n) is 10.2. The van der Waals surface area contributed by atoms with Gasteiger partial charge in [-0.1, -0.05) is 0 Å². The lowest BCUT2D eigenvalue weighted by molar-refractivity contribution is 0.492. The number of rotatable bonds is 5. The molecular formula is C12H20N4. The Kier molecular flexibility index (Phi) is 2.99. The molecule has 0 unspecified atom stereocenters. The van der Waals surface area contributed by atoms with Crippen LogP contribution in [0.2, 0.25) is 0 Å². The molecule has 4 nitrogen and oxygen atoms in total. The van der Waals surface area contributed by atoms with Crippen molar-refractivity contribution in [2.24, 2.45) is 5.92 Å². The first-order chi connectivity index (χ1) is 7.62. The minimum absolute atomic E-state index is 0.125. The van der Waals surface area contributed by atoms with Gasteiger partial charge in [0.05, 0.1) is 12.4 Å². The summed E-state index contributed by atoms with van der Waals surface area (Å²) in [5.74, 6) is 2.46. The summed E-state index contributed by atoms with van der Waals surface area (Å²) >= 11 is 0. The average Bonchev–Trinajstić information content (AvgIpc) is 3.01. The van der Waals surface area contributed by atoms with Gasteiger partial charge in [0.25, 0.3) is 0 Å². The smallest absolute Gasteiger partial charge is 0.147 e. The molecule has 1 aromatic heterocycles. The van der Waals surface area contributed by atoms with Crippen LogP contribution in [0.25, 0.3) is 0 Å². The van der Waals surface area contributed by atoms with Crippen LogP contribution in [0.3, 0.4) is 0 Å². The molecule has 0 amide bonds. The third-order valence-corrected chi connectivity index (χ3v) is 3.04. The summed E-state index contributed by atoms with van der Waals surface area (Å²) in [4.78, 5) is 8.65. The number of nitrogens with one attached hydrogen (secondary N) is 2. The molecule has 0 saturated heterocycles. The summed E-state index contributed by atoms with van der Waals surface area (Å²) in [5, 5.41) is 6.63. The molecule has 0 aliphatic heterocycles. The van der Waals surface area contributed by atoms with Crippen molar-refractivity contribution >= 4 is 11.6 Å². The van der Waals surface area contributed by atoms with Gasteiger partial charge in [0, 0.05) is 12.1 Å². The van der Waals surface area contributed by atoms with E-state index in [9.17, 15) is 0 Å². The van der Waals surface area contributed by atoms with Gasteiger partial charge in [-0.05, 0) is 39.5 Å². The van der Waals surface area contributed by atoms with E-state index in [-0.39, 0.29) is 5.54 Å². The van der Waals surface area contributed by atoms with Crippen molar-refractivity contribution in [3.63, 3.8) is 0 Å². The van der Waals surface area contributed by atoms with Crippen LogP contribution in [0, 0.1) is 5.92 Å². The van der Waals surface area contributed by atoms with Gasteiger partial charge in [-0.3, -0.25) is 4.98 Å². The molecule has 1 aliphatic rings. The minimum Gasteiger partial charge on any atom is -0.369 e. The third kappa shape index (κ3) is 2.62. The Balaban J connectivity index is 2.05. The first-order valence-electron chi connectivity index (χ1n) is 5.96. The highest BCUT2D eigenvalue weighted by molar-refractivity contribution is 5.43. The van der Waals surface area contributed by atoms with E-state index >= 15 is 0 Å². The van der Waals surface area contributed by atoms with E-state index in [4.69, 9.17) is 0 Å². The maximum Gasteiger partial charge on any atom is 0.147 e. The summed E-state index contributed by atoms with van der Waals surface area (Å²) < 4.78 is 0. The third-order valence-electron chi connectivity index (χ3n) is 3.04. The number of hydrogen-bond donors (Lipinski definition) is 2. The molecule has 0 atom stereocenters. The zero-order chi connectivity index (χ0) is 11.6. The van der Waals surface area contributed by atoms with Crippen molar-refractivity contribution in [2.75, 3.05) is 17.2 Å². The van der Waals surface area contributed by atoms with Crippen LogP contribution in [0.5, 0.6) is 0 Å². The summed E-state index contributed by atoms with van der Waals surface area (Å²) in [5.41, 5.74) is 0.125. The van der Waals surface area contributed by atoms with Crippen LogP contribution in [0.4, 0.5) is 11.6 Å². The van der Waals surface area contributed by atoms with Crippen molar-refractivity contribution < 1.29 is 0 Å². The Morgan fingerprint density at radius 1 is 1.31 bits per heavy atom. The highest BCUT2D eigenvalue weighted by atomic mass is 15.1. The fourth-order valence-corrected chi connectivity index (χ4v) is 1.93. The van der Waals surface area contributed by atoms with Gasteiger partial charge in [-0.25, -0.2) is 4.98 Å². The molecule has 0 spiro atoms. The first kappa shape index (κ1) is 11.2. The second kappa shape index (κ2) is 4.28. The summed E-state index contributed by atoms with van der Waals surface area (Å²) in [6, 6.07) is 0. The van der Waals surface area contributed by atoms with Gasteiger partial charge in [0.2, 0.25) is 0 Å². The highest BCUT2D eigenvalue weighted by Crippen LogP contribution is 2.40. The van der Waals surface area contributed by atoms with Crippen molar-refractivity contribution in [3.05, 3.63) is 12.4 Å². The molecule has 0 radical (unpaired) electrons. The molecule has 0 bridgehead atoms. The topological polar surface area (TPSA) is 49.8 Å². The normalized spacial score (nSPS) is 15.9. The van der Waals surface area contributed by atoms with E-state index in [1.54, 1.807) is 12.4 Å². The maximum atomic E-state index is 4.47. The Bertz CT molecular complexity index is 358. The van der Waals surface area contributed by atoms with E-state index < -0.39 is 0 Å². The second-order valence-electron chi connectivity index (χ2n) is 4.94. The van der Waals surface area contributed by atoms with E-state index in [0.29, 0.717) is 0 Å². The van der Waals surface area contributed by atoms with Crippen LogP contribution in [0.1, 0.15) is 33.6 Å². The average molecular weight is 220 g/mol. The molecule has 0 aromatic carbocycles. The van der Waals surface area contributed by atoms with Gasteiger partial charge in [0.15, 0.2) is 0 Å². The lowest BCUT2D eigenvalue weighted by Crippen LogP contribution is -2.33. The van der Waals surface area contributed by atoms with Crippen LogP contribution in [-0.2, 0) is 0 Å². The molecule has 1 saturated carbocycles. The molecule has 16 heavy (non-hydrogen) atoms. The SMILES string of the molecule is CCNc1cncc(NC(C)(C)C2CC2)n1. The molecule has 2 N–H and O–H groups in total. The number of aromatic nitrogens is 2. The molecule has 4 heteroatoms. The number of nitrogens with zero attached hydrogens (tertiary/aromatic N) is 2. The van der Waals surface area contributed by atoms with E-state index in [0.717, 1.165) is 24.1 Å². The molecule has 2 rings (SSSR count). The van der Waals surface area contributed by atoms with Crippen LogP contribution in [-0.4, -0.2) is 22.1 Å². The summed E-state index contributed by atoms with van der Waals surface area (Å²) in [7, 11) is 0. The van der Waals surface area contributed by atoms with E-state index in [1.165, 1.54) is 12.8 Å². The lowest BCUT2D eigenvalue weighted by Gasteiger charge is -2.26. The Hall–Kier alpha value is -1.32. The predicted molar refractivity (Wildman–Crippen MR) is 66.6 cm³/mol. The maximum absolute atomic E-state index is 4.47. The first-order valence-corrected chi connectivity index (χ1v) is 5.96. The summed E-state index contributed by atoms with van der Waals surface area (Å²) in [6.07, 6.45) is 6.17. The number of anilines is 2. The highest BCUT2D eigenvalue weighted by Gasteiger charge is 2.37. The van der Waals surface area contributed by atoms with Gasteiger partial charge in [-0.15, -0.1) is 0 Å². The van der Waals surface area contributed by atoms with Crippen LogP contribution < -0.4 is 10.6 Å². The fourth-order valence-electron chi connectivity index (χ4n) is 1.93. The molecule has 1 aromatic rings. The molecule has 1 fully saturated rings. The monoisotopic (exact) mass is 220 g/mol. The van der Waals surface area contributed by atoms with Crippen molar-refractivity contribution in [3.8, 4) is 0 Å². The Labute approximate surface area is 96.9 Å². The van der Waals surface area contributed by atoms with Gasteiger partial charge in [-0.2, -0.15) is 0 Å². The van der Waals surface area contributed by atoms with Crippen molar-refractivity contribution in [1.82, 2.24) is 9.97 Å². The van der Waals surface area contributed by atoms with Crippen LogP contribution >= 0.6 is 0 Å². The minimum atomic E-state index is 0.125. The van der Waals surface area contributed by atoms with E-state index in [1.807, 2.05) is 0 Å². The van der Waals surface area contributed by atoms with Gasteiger partial charge < -0.3 is 10.6 Å². The van der Waals surface area contributed by atoms with Crippen molar-refractivity contribution in [2.45, 2.75) is 39.2 Å². The lowest BCUT2D eigenvalue weighted by atomic mass is 9.99. The predicted octanol–water partition coefficient (Wildman–Crippen LogP) is 2.51. The molecule has 1 heterocycles. The molecule has 88 valence electrons. The second-order valence-corrected chi connectivity index (χ2v) is 4.94. The molecular weight excluding hydrogens is 200 g/mol. The fraction of sp³-hybridized carbons (Fsp3) is 0.667. The number of hydrogen-bond acceptors (Lipinski definition) is 4. The molecule has 1 aliphatic carbocycles. The largest absolute Gasteiger partial charge is 0.369 e. The van der Waals surface area contributed by atoms with Crippen molar-refractivity contribution in [1.29, 1.82) is 0 Å². The van der Waals surface area contributed by atoms with Gasteiger partial charge in [0.1, 0.15) is 11.6 Å². The Morgan fingerprint density at radius 3 is 2.62 bits per heavy atom. The van der Waals surface area contributed by atoms with E-state index in [2.05, 4.69) is 41.4 Å². The van der Waals surface area contributed by atoms with Gasteiger partial charge >= 0.3 is 0 Å².